The number of carbonyl (C=O) groups excluding carboxylic acids is 7. The van der Waals surface area contributed by atoms with E-state index in [1.165, 1.54) is 18.2 Å². The molecule has 16 heteroatoms. The maximum atomic E-state index is 13.5. The van der Waals surface area contributed by atoms with Crippen LogP contribution in [0.3, 0.4) is 0 Å². The predicted octanol–water partition coefficient (Wildman–Crippen LogP) is 10.6. The van der Waals surface area contributed by atoms with E-state index in [0.717, 1.165) is 69.9 Å². The van der Waals surface area contributed by atoms with Crippen LogP contribution in [0.1, 0.15) is 133 Å². The Morgan fingerprint density at radius 3 is 1.16 bits per heavy atom. The molecule has 0 radical (unpaired) electrons. The van der Waals surface area contributed by atoms with Gasteiger partial charge in [-0.15, -0.1) is 0 Å². The number of benzene rings is 3. The van der Waals surface area contributed by atoms with Crippen LogP contribution in [0, 0.1) is 23.7 Å². The summed E-state index contributed by atoms with van der Waals surface area (Å²) in [6.45, 7) is 10.6. The number of carbonyl (C=O) groups is 7. The highest BCUT2D eigenvalue weighted by Gasteiger charge is 2.34. The summed E-state index contributed by atoms with van der Waals surface area (Å²) >= 11 is 0. The van der Waals surface area contributed by atoms with Crippen LogP contribution in [0.5, 0.6) is 34.5 Å². The molecule has 0 heterocycles. The highest BCUT2D eigenvalue weighted by molar-refractivity contribution is 5.94. The zero-order chi connectivity index (χ0) is 52.2. The van der Waals surface area contributed by atoms with Gasteiger partial charge in [-0.2, -0.15) is 0 Å². The van der Waals surface area contributed by atoms with Gasteiger partial charge in [0.15, 0.2) is 0 Å². The van der Waals surface area contributed by atoms with Gasteiger partial charge in [0.1, 0.15) is 40.1 Å². The second-order valence-corrected chi connectivity index (χ2v) is 18.1. The Morgan fingerprint density at radius 1 is 0.425 bits per heavy atom. The molecular weight excluding hydrogens is 941 g/mol. The molecule has 0 aliphatic heterocycles. The Balaban J connectivity index is 1.02. The van der Waals surface area contributed by atoms with Crippen LogP contribution in [0.4, 0.5) is 0 Å². The Labute approximate surface area is 428 Å². The van der Waals surface area contributed by atoms with Crippen LogP contribution < -0.4 is 28.4 Å². The molecule has 0 amide bonds. The zero-order valence-electron chi connectivity index (χ0n) is 42.0. The second kappa shape index (κ2) is 31.5. The fraction of sp³-hybridized carbons (Fsp3) is 0.491. The summed E-state index contributed by atoms with van der Waals surface area (Å²) in [4.78, 5) is 88.5. The molecule has 394 valence electrons. The van der Waals surface area contributed by atoms with Gasteiger partial charge in [-0.25, -0.2) is 14.4 Å². The first-order valence-corrected chi connectivity index (χ1v) is 25.7. The van der Waals surface area contributed by atoms with E-state index >= 15 is 0 Å². The van der Waals surface area contributed by atoms with Gasteiger partial charge in [-0.3, -0.25) is 19.2 Å². The fourth-order valence-corrected chi connectivity index (χ4v) is 8.29. The minimum Gasteiger partial charge on any atom is -0.494 e. The molecule has 0 unspecified atom stereocenters. The predicted molar refractivity (Wildman–Crippen MR) is 268 cm³/mol. The van der Waals surface area contributed by atoms with Crippen molar-refractivity contribution in [2.45, 2.75) is 122 Å². The molecular formula is C57H70O16. The van der Waals surface area contributed by atoms with Gasteiger partial charge in [-0.05, 0) is 176 Å². The Hall–Kier alpha value is -6.97. The summed E-state index contributed by atoms with van der Waals surface area (Å²) in [6, 6.07) is 17.9. The third-order valence-electron chi connectivity index (χ3n) is 12.6. The lowest BCUT2D eigenvalue weighted by Gasteiger charge is -2.26. The van der Waals surface area contributed by atoms with Crippen LogP contribution in [-0.4, -0.2) is 74.8 Å². The minimum absolute atomic E-state index is 0.0286. The van der Waals surface area contributed by atoms with Crippen LogP contribution in [0.2, 0.25) is 0 Å². The third-order valence-corrected chi connectivity index (χ3v) is 12.6. The van der Waals surface area contributed by atoms with Gasteiger partial charge in [-0.1, -0.05) is 26.5 Å². The first-order valence-electron chi connectivity index (χ1n) is 25.7. The van der Waals surface area contributed by atoms with Gasteiger partial charge in [0.05, 0.1) is 56.7 Å². The highest BCUT2D eigenvalue weighted by Crippen LogP contribution is 2.35. The van der Waals surface area contributed by atoms with Gasteiger partial charge < -0.3 is 42.6 Å². The van der Waals surface area contributed by atoms with Crippen LogP contribution in [-0.2, 0) is 43.0 Å². The lowest BCUT2D eigenvalue weighted by Crippen LogP contribution is -2.31. The molecule has 3 aromatic rings. The van der Waals surface area contributed by atoms with E-state index in [4.69, 9.17) is 42.6 Å². The van der Waals surface area contributed by atoms with E-state index in [0.29, 0.717) is 107 Å². The number of hydrogen-bond donors (Lipinski definition) is 0. The molecule has 0 spiro atoms. The van der Waals surface area contributed by atoms with Crippen molar-refractivity contribution in [3.63, 3.8) is 0 Å². The number of ether oxygens (including phenoxy) is 9. The fourth-order valence-electron chi connectivity index (χ4n) is 8.29. The molecule has 2 saturated carbocycles. The lowest BCUT2D eigenvalue weighted by atomic mass is 9.82. The molecule has 0 aromatic heterocycles. The molecule has 0 N–H and O–H groups in total. The Bertz CT molecular complexity index is 2270. The van der Waals surface area contributed by atoms with E-state index < -0.39 is 53.5 Å². The Morgan fingerprint density at radius 2 is 0.767 bits per heavy atom. The molecule has 16 nitrogen and oxygen atoms in total. The quantitative estimate of drug-likeness (QED) is 0.0200. The molecule has 2 aliphatic carbocycles. The van der Waals surface area contributed by atoms with Crippen molar-refractivity contribution >= 4 is 41.8 Å². The topological polar surface area (TPSA) is 203 Å². The smallest absolute Gasteiger partial charge is 0.342 e. The molecule has 0 atom stereocenters. The van der Waals surface area contributed by atoms with Crippen molar-refractivity contribution < 1.29 is 76.2 Å². The van der Waals surface area contributed by atoms with Gasteiger partial charge in [0.25, 0.3) is 0 Å². The summed E-state index contributed by atoms with van der Waals surface area (Å²) < 4.78 is 49.9. The van der Waals surface area contributed by atoms with Crippen LogP contribution in [0.15, 0.2) is 92.0 Å². The van der Waals surface area contributed by atoms with Crippen molar-refractivity contribution in [1.29, 1.82) is 0 Å². The van der Waals surface area contributed by atoms with E-state index in [1.54, 1.807) is 48.5 Å². The molecule has 3 aromatic carbocycles. The van der Waals surface area contributed by atoms with Crippen molar-refractivity contribution in [3.8, 4) is 34.5 Å². The summed E-state index contributed by atoms with van der Waals surface area (Å²) in [6.07, 6.45) is 13.8. The van der Waals surface area contributed by atoms with E-state index in [2.05, 4.69) is 13.2 Å². The van der Waals surface area contributed by atoms with Gasteiger partial charge in [0.2, 0.25) is 0 Å². The first-order chi connectivity index (χ1) is 35.5. The lowest BCUT2D eigenvalue weighted by molar-refractivity contribution is -0.145. The molecule has 0 saturated heterocycles. The number of esters is 7. The van der Waals surface area contributed by atoms with E-state index in [9.17, 15) is 33.6 Å². The van der Waals surface area contributed by atoms with Crippen LogP contribution >= 0.6 is 0 Å². The molecule has 2 fully saturated rings. The highest BCUT2D eigenvalue weighted by atomic mass is 16.6. The average Bonchev–Trinajstić information content (AvgIpc) is 3.41. The van der Waals surface area contributed by atoms with Gasteiger partial charge >= 0.3 is 41.8 Å². The summed E-state index contributed by atoms with van der Waals surface area (Å²) in [5, 5.41) is 0. The van der Waals surface area contributed by atoms with E-state index in [1.807, 2.05) is 6.92 Å². The summed E-state index contributed by atoms with van der Waals surface area (Å²) in [5.41, 5.74) is -0.0624. The zero-order valence-corrected chi connectivity index (χ0v) is 42.0. The minimum atomic E-state index is -0.729. The number of unbranched alkanes of at least 4 members (excludes halogenated alkanes) is 7. The van der Waals surface area contributed by atoms with Crippen molar-refractivity contribution in [2.24, 2.45) is 23.7 Å². The summed E-state index contributed by atoms with van der Waals surface area (Å²) in [7, 11) is 0. The third kappa shape index (κ3) is 20.2. The average molecular weight is 1010 g/mol. The molecule has 2 aliphatic rings. The maximum Gasteiger partial charge on any atom is 0.342 e. The van der Waals surface area contributed by atoms with Crippen molar-refractivity contribution in [1.82, 2.24) is 0 Å². The number of rotatable bonds is 30. The van der Waals surface area contributed by atoms with Crippen molar-refractivity contribution in [3.05, 3.63) is 97.6 Å². The molecule has 0 bridgehead atoms. The monoisotopic (exact) mass is 1010 g/mol. The number of hydrogen-bond acceptors (Lipinski definition) is 16. The second-order valence-electron chi connectivity index (χ2n) is 18.1. The SMILES string of the molecule is C=CC(=O)OCCCCCCOc1ccc(OC(=O)C2CCC(C(=O)Oc3ccc(OC(=O)C4CCC(C(=O)Oc5ccc(OCCCCCCOC(=O)C=C)cc5)CC4)c(C(=O)OCCCC)c3)CC2)cc1. The van der Waals surface area contributed by atoms with Crippen molar-refractivity contribution in [2.75, 3.05) is 33.0 Å². The van der Waals surface area contributed by atoms with Crippen LogP contribution in [0.25, 0.3) is 0 Å². The normalized spacial score (nSPS) is 17.2. The molecule has 73 heavy (non-hydrogen) atoms. The standard InChI is InChI=1S/C57H70O16/c1-4-7-34-69-57(64)49-39-48(72-55(62)42-18-16-40(17-19-42)53(60)70-46-28-24-44(25-29-46)65-35-12-8-10-14-37-67-51(58)5-2)32-33-50(49)73-56(63)43-22-20-41(21-23-43)54(61)71-47-30-26-45(27-31-47)66-36-13-9-11-15-38-68-52(59)6-3/h5-6,24-33,39-43H,2-4,7-23,34-38H2,1H3. The van der Waals surface area contributed by atoms with E-state index in [-0.39, 0.29) is 35.6 Å². The molecule has 5 rings (SSSR count). The van der Waals surface area contributed by atoms with Gasteiger partial charge in [0, 0.05) is 12.2 Å². The Kier molecular flexibility index (Phi) is 24.6. The first kappa shape index (κ1) is 56.9. The summed E-state index contributed by atoms with van der Waals surface area (Å²) in [5.74, 6) is -3.04. The maximum absolute atomic E-state index is 13.5. The largest absolute Gasteiger partial charge is 0.494 e.